The topological polar surface area (TPSA) is 61.0 Å². The molecule has 206 valence electrons. The monoisotopic (exact) mass is 566 g/mol. The van der Waals surface area contributed by atoms with Gasteiger partial charge in [0.2, 0.25) is 0 Å². The second-order valence-corrected chi connectivity index (χ2v) is 10.4. The fourth-order valence-electron chi connectivity index (χ4n) is 4.51. The maximum absolute atomic E-state index is 14.5. The van der Waals surface area contributed by atoms with E-state index in [9.17, 15) is 22.4 Å². The van der Waals surface area contributed by atoms with Gasteiger partial charge in [0.25, 0.3) is 5.91 Å². The largest absolute Gasteiger partial charge is 0.416 e. The first-order valence-electron chi connectivity index (χ1n) is 12.7. The summed E-state index contributed by atoms with van der Waals surface area (Å²) >= 11 is 1.31. The minimum atomic E-state index is -4.45. The fraction of sp³-hybridized carbons (Fsp3) is 0.200. The second kappa shape index (κ2) is 12.0. The number of nitrogens with one attached hydrogen (secondary N) is 2. The summed E-state index contributed by atoms with van der Waals surface area (Å²) in [6.07, 6.45) is -1.73. The molecule has 10 heteroatoms. The van der Waals surface area contributed by atoms with Crippen LogP contribution in [0.5, 0.6) is 0 Å². The number of aromatic amines is 1. The molecule has 0 fully saturated rings. The van der Waals surface area contributed by atoms with Gasteiger partial charge in [-0.25, -0.2) is 9.37 Å². The van der Waals surface area contributed by atoms with Crippen molar-refractivity contribution < 1.29 is 22.4 Å². The summed E-state index contributed by atoms with van der Waals surface area (Å²) in [5.74, 6) is -0.757. The lowest BCUT2D eigenvalue weighted by Crippen LogP contribution is -2.26. The summed E-state index contributed by atoms with van der Waals surface area (Å²) in [5.41, 5.74) is 2.54. The van der Waals surface area contributed by atoms with Gasteiger partial charge >= 0.3 is 6.18 Å². The van der Waals surface area contributed by atoms with Gasteiger partial charge in [0, 0.05) is 47.7 Å². The van der Waals surface area contributed by atoms with Crippen molar-refractivity contribution in [3.63, 3.8) is 0 Å². The summed E-state index contributed by atoms with van der Waals surface area (Å²) in [5, 5.41) is 6.08. The zero-order valence-corrected chi connectivity index (χ0v) is 22.2. The third-order valence-corrected chi connectivity index (χ3v) is 7.41. The number of amides is 1. The summed E-state index contributed by atoms with van der Waals surface area (Å²) in [6.45, 7) is 1.35. The van der Waals surface area contributed by atoms with Gasteiger partial charge in [-0.3, -0.25) is 9.69 Å². The molecule has 2 aromatic heterocycles. The molecule has 0 saturated carbocycles. The van der Waals surface area contributed by atoms with Crippen LogP contribution in [-0.2, 0) is 32.2 Å². The Labute approximate surface area is 232 Å². The number of para-hydroxylation sites is 1. The Bertz CT molecular complexity index is 1610. The molecular formula is C30H26F4N4OS. The van der Waals surface area contributed by atoms with E-state index in [2.05, 4.69) is 26.3 Å². The van der Waals surface area contributed by atoms with Gasteiger partial charge in [-0.1, -0.05) is 48.5 Å². The van der Waals surface area contributed by atoms with Crippen LogP contribution in [0.2, 0.25) is 0 Å². The van der Waals surface area contributed by atoms with E-state index in [1.165, 1.54) is 29.5 Å². The van der Waals surface area contributed by atoms with E-state index in [4.69, 9.17) is 0 Å². The molecule has 0 radical (unpaired) electrons. The highest BCUT2D eigenvalue weighted by atomic mass is 32.1. The Balaban J connectivity index is 1.26. The van der Waals surface area contributed by atoms with Crippen molar-refractivity contribution in [3.8, 4) is 0 Å². The van der Waals surface area contributed by atoms with E-state index in [0.29, 0.717) is 35.8 Å². The predicted molar refractivity (Wildman–Crippen MR) is 147 cm³/mol. The van der Waals surface area contributed by atoms with Gasteiger partial charge in [-0.15, -0.1) is 11.3 Å². The van der Waals surface area contributed by atoms with Crippen LogP contribution in [0.4, 0.5) is 17.6 Å². The average Bonchev–Trinajstić information content (AvgIpc) is 3.58. The first-order valence-corrected chi connectivity index (χ1v) is 13.5. The molecule has 5 nitrogen and oxygen atoms in total. The van der Waals surface area contributed by atoms with Crippen molar-refractivity contribution >= 4 is 28.1 Å². The molecule has 0 aliphatic carbocycles. The van der Waals surface area contributed by atoms with E-state index in [0.717, 1.165) is 35.0 Å². The number of aromatic nitrogens is 2. The lowest BCUT2D eigenvalue weighted by Gasteiger charge is -2.21. The maximum atomic E-state index is 14.5. The van der Waals surface area contributed by atoms with Gasteiger partial charge < -0.3 is 10.3 Å². The molecule has 3 aromatic carbocycles. The molecule has 0 aliphatic rings. The molecule has 2 N–H and O–H groups in total. The zero-order chi connectivity index (χ0) is 28.1. The minimum Gasteiger partial charge on any atom is -0.361 e. The average molecular weight is 567 g/mol. The van der Waals surface area contributed by atoms with Crippen LogP contribution in [0.15, 0.2) is 84.4 Å². The molecule has 0 aliphatic heterocycles. The molecule has 0 saturated heterocycles. The number of nitrogens with zero attached hydrogens (tertiary/aromatic N) is 2. The highest BCUT2D eigenvalue weighted by Gasteiger charge is 2.30. The standard InChI is InChI=1S/C30H26F4N4OS/c31-25-10-3-1-7-22(25)17-38(13-12-21-16-35-26-11-4-2-9-24(21)26)18-28-37-27(19-40-28)29(39)36-15-20-6-5-8-23(14-20)30(32,33)34/h1-11,14,16,19,35H,12-13,15,17-18H2,(H,36,39). The van der Waals surface area contributed by atoms with E-state index in [-0.39, 0.29) is 18.1 Å². The van der Waals surface area contributed by atoms with Gasteiger partial charge in [-0.05, 0) is 41.8 Å². The van der Waals surface area contributed by atoms with Crippen molar-refractivity contribution in [1.82, 2.24) is 20.2 Å². The summed E-state index contributed by atoms with van der Waals surface area (Å²) < 4.78 is 53.4. The molecule has 0 bridgehead atoms. The van der Waals surface area contributed by atoms with Crippen molar-refractivity contribution in [1.29, 1.82) is 0 Å². The normalized spacial score (nSPS) is 11.8. The molecule has 5 rings (SSSR count). The number of benzene rings is 3. The molecule has 0 spiro atoms. The number of fused-ring (bicyclic) bond motifs is 1. The van der Waals surface area contributed by atoms with Crippen LogP contribution < -0.4 is 5.32 Å². The van der Waals surface area contributed by atoms with Crippen molar-refractivity contribution in [2.45, 2.75) is 32.2 Å². The summed E-state index contributed by atoms with van der Waals surface area (Å²) in [7, 11) is 0. The molecule has 40 heavy (non-hydrogen) atoms. The number of halogens is 4. The van der Waals surface area contributed by atoms with Crippen LogP contribution in [-0.4, -0.2) is 27.3 Å². The number of thiazole rings is 1. The van der Waals surface area contributed by atoms with Crippen LogP contribution in [0.3, 0.4) is 0 Å². The lowest BCUT2D eigenvalue weighted by atomic mass is 10.1. The summed E-state index contributed by atoms with van der Waals surface area (Å²) in [4.78, 5) is 22.5. The molecule has 0 unspecified atom stereocenters. The van der Waals surface area contributed by atoms with Crippen molar-refractivity contribution in [2.24, 2.45) is 0 Å². The van der Waals surface area contributed by atoms with Gasteiger partial charge in [0.1, 0.15) is 16.5 Å². The first-order chi connectivity index (χ1) is 19.3. The number of rotatable bonds is 10. The molecule has 5 aromatic rings. The van der Waals surface area contributed by atoms with E-state index >= 15 is 0 Å². The highest BCUT2D eigenvalue weighted by molar-refractivity contribution is 7.09. The number of carbonyl (C=O) groups is 1. The molecule has 0 atom stereocenters. The Morgan fingerprint density at radius 3 is 2.60 bits per heavy atom. The van der Waals surface area contributed by atoms with Crippen molar-refractivity contribution in [2.75, 3.05) is 6.54 Å². The Morgan fingerprint density at radius 2 is 1.77 bits per heavy atom. The SMILES string of the molecule is O=C(NCc1cccc(C(F)(F)F)c1)c1csc(CN(CCc2c[nH]c3ccccc23)Cc2ccccc2F)n1. The maximum Gasteiger partial charge on any atom is 0.416 e. The summed E-state index contributed by atoms with van der Waals surface area (Å²) in [6, 6.07) is 19.5. The van der Waals surface area contributed by atoms with Crippen molar-refractivity contribution in [3.05, 3.63) is 123 Å². The third-order valence-electron chi connectivity index (χ3n) is 6.57. The second-order valence-electron chi connectivity index (χ2n) is 9.42. The lowest BCUT2D eigenvalue weighted by molar-refractivity contribution is -0.137. The van der Waals surface area contributed by atoms with Crippen LogP contribution >= 0.6 is 11.3 Å². The Kier molecular flexibility index (Phi) is 8.27. The van der Waals surface area contributed by atoms with Gasteiger partial charge in [0.05, 0.1) is 12.1 Å². The minimum absolute atomic E-state index is 0.0559. The van der Waals surface area contributed by atoms with E-state index in [1.54, 1.807) is 23.6 Å². The van der Waals surface area contributed by atoms with E-state index < -0.39 is 17.6 Å². The van der Waals surface area contributed by atoms with E-state index in [1.807, 2.05) is 24.4 Å². The number of hydrogen-bond acceptors (Lipinski definition) is 4. The van der Waals surface area contributed by atoms with Gasteiger partial charge in [-0.2, -0.15) is 13.2 Å². The fourth-order valence-corrected chi connectivity index (χ4v) is 5.32. The highest BCUT2D eigenvalue weighted by Crippen LogP contribution is 2.29. The molecule has 1 amide bonds. The Morgan fingerprint density at radius 1 is 0.975 bits per heavy atom. The number of carbonyl (C=O) groups excluding carboxylic acids is 1. The smallest absolute Gasteiger partial charge is 0.361 e. The van der Waals surface area contributed by atoms with Crippen LogP contribution in [0.1, 0.15) is 37.7 Å². The first kappa shape index (κ1) is 27.5. The van der Waals surface area contributed by atoms with Crippen LogP contribution in [0.25, 0.3) is 10.9 Å². The number of alkyl halides is 3. The Hall–Kier alpha value is -4.02. The van der Waals surface area contributed by atoms with Gasteiger partial charge in [0.15, 0.2) is 0 Å². The molecular weight excluding hydrogens is 540 g/mol. The zero-order valence-electron chi connectivity index (χ0n) is 21.3. The number of hydrogen-bond donors (Lipinski definition) is 2. The quantitative estimate of drug-likeness (QED) is 0.180. The predicted octanol–water partition coefficient (Wildman–Crippen LogP) is 6.96. The molecule has 2 heterocycles. The van der Waals surface area contributed by atoms with Crippen LogP contribution in [0, 0.1) is 5.82 Å². The number of H-pyrrole nitrogens is 1. The third kappa shape index (κ3) is 6.75.